The Hall–Kier alpha value is -3.18. The molecule has 202 valence electrons. The van der Waals surface area contributed by atoms with E-state index in [-0.39, 0.29) is 29.9 Å². The van der Waals surface area contributed by atoms with Crippen LogP contribution in [0.2, 0.25) is 5.02 Å². The highest BCUT2D eigenvalue weighted by atomic mass is 35.5. The number of aromatic nitrogens is 3. The fraction of sp³-hybridized carbons (Fsp3) is 0.500. The Bertz CT molecular complexity index is 1450. The zero-order valence-electron chi connectivity index (χ0n) is 20.9. The van der Waals surface area contributed by atoms with Gasteiger partial charge in [0.1, 0.15) is 5.02 Å². The Balaban J connectivity index is 1.37. The number of hydrogen-bond acceptors (Lipinski definition) is 8. The normalized spacial score (nSPS) is 22.8. The van der Waals surface area contributed by atoms with Crippen LogP contribution in [0.25, 0.3) is 10.9 Å². The average Bonchev–Trinajstić information content (AvgIpc) is 3.76. The number of ether oxygens (including phenoxy) is 1. The second kappa shape index (κ2) is 9.53. The van der Waals surface area contributed by atoms with Gasteiger partial charge >= 0.3 is 5.92 Å². The van der Waals surface area contributed by atoms with Crippen LogP contribution in [0.15, 0.2) is 29.2 Å². The number of aryl methyl sites for hydroxylation is 1. The van der Waals surface area contributed by atoms with Crippen LogP contribution >= 0.6 is 11.6 Å². The van der Waals surface area contributed by atoms with Gasteiger partial charge in [0.2, 0.25) is 11.7 Å². The topological polar surface area (TPSA) is 105 Å². The summed E-state index contributed by atoms with van der Waals surface area (Å²) in [6.07, 6.45) is 4.85. The lowest BCUT2D eigenvalue weighted by Crippen LogP contribution is -2.44. The van der Waals surface area contributed by atoms with Crippen LogP contribution in [0, 0.1) is 11.8 Å². The first-order valence-electron chi connectivity index (χ1n) is 12.8. The van der Waals surface area contributed by atoms with Gasteiger partial charge in [0.05, 0.1) is 23.4 Å². The fourth-order valence-corrected chi connectivity index (χ4v) is 5.55. The van der Waals surface area contributed by atoms with E-state index >= 15 is 0 Å². The third kappa shape index (κ3) is 4.51. The number of alkyl halides is 2. The van der Waals surface area contributed by atoms with Crippen molar-refractivity contribution in [3.8, 4) is 5.75 Å². The van der Waals surface area contributed by atoms with Gasteiger partial charge in [0.15, 0.2) is 12.4 Å². The van der Waals surface area contributed by atoms with Crippen molar-refractivity contribution in [2.75, 3.05) is 41.8 Å². The van der Waals surface area contributed by atoms with E-state index in [1.807, 2.05) is 4.90 Å². The van der Waals surface area contributed by atoms with Gasteiger partial charge in [0.25, 0.3) is 5.56 Å². The molecule has 2 aromatic heterocycles. The zero-order valence-corrected chi connectivity index (χ0v) is 21.6. The Morgan fingerprint density at radius 1 is 1.32 bits per heavy atom. The predicted molar refractivity (Wildman–Crippen MR) is 142 cm³/mol. The highest BCUT2D eigenvalue weighted by Gasteiger charge is 2.51. The van der Waals surface area contributed by atoms with E-state index in [0.29, 0.717) is 52.8 Å². The van der Waals surface area contributed by atoms with Gasteiger partial charge in [-0.05, 0) is 55.7 Å². The van der Waals surface area contributed by atoms with Crippen LogP contribution in [-0.4, -0.2) is 57.9 Å². The number of rotatable bonds is 5. The van der Waals surface area contributed by atoms with Crippen LogP contribution < -0.4 is 25.8 Å². The number of hydrogen-bond donors (Lipinski definition) is 3. The van der Waals surface area contributed by atoms with Gasteiger partial charge < -0.3 is 29.9 Å². The van der Waals surface area contributed by atoms with Crippen LogP contribution in [0.4, 0.5) is 31.9 Å². The number of nitrogens with zero attached hydrogens (tertiary/aromatic N) is 4. The largest absolute Gasteiger partial charge is 0.480 e. The summed E-state index contributed by atoms with van der Waals surface area (Å²) < 4.78 is 36.7. The molecule has 0 amide bonds. The maximum Gasteiger partial charge on any atom is 0.301 e. The number of anilines is 4. The number of halogens is 3. The smallest absolute Gasteiger partial charge is 0.301 e. The van der Waals surface area contributed by atoms with Crippen molar-refractivity contribution in [3.05, 3.63) is 39.8 Å². The molecular weight excluding hydrogens is 518 g/mol. The summed E-state index contributed by atoms with van der Waals surface area (Å²) >= 11 is 6.43. The van der Waals surface area contributed by atoms with Gasteiger partial charge in [0, 0.05) is 37.8 Å². The summed E-state index contributed by atoms with van der Waals surface area (Å²) in [4.78, 5) is 24.1. The number of nitrogens with one attached hydrogen (secondary N) is 2. The molecule has 1 aliphatic carbocycles. The SMILES string of the molecule is Cn1c(=O)c2c(c3cc(Nc4nc(N5CCC[C@H](CO)C5)ncc4Cl)ccc31)N[C@@H](C1CC1)C(F)(F)CO2. The molecule has 3 aliphatic rings. The molecule has 0 spiro atoms. The van der Waals surface area contributed by atoms with Crippen LogP contribution in [0.5, 0.6) is 5.75 Å². The van der Waals surface area contributed by atoms with Crippen molar-refractivity contribution >= 4 is 45.6 Å². The third-order valence-electron chi connectivity index (χ3n) is 7.66. The lowest BCUT2D eigenvalue weighted by molar-refractivity contribution is -0.0579. The molecule has 3 N–H and O–H groups in total. The Kier molecular flexibility index (Phi) is 6.30. The van der Waals surface area contributed by atoms with E-state index in [0.717, 1.165) is 19.4 Å². The van der Waals surface area contributed by atoms with Crippen LogP contribution in [0.1, 0.15) is 25.7 Å². The first-order valence-corrected chi connectivity index (χ1v) is 13.2. The van der Waals surface area contributed by atoms with Crippen molar-refractivity contribution < 1.29 is 18.6 Å². The molecule has 2 aliphatic heterocycles. The monoisotopic (exact) mass is 546 g/mol. The summed E-state index contributed by atoms with van der Waals surface area (Å²) in [7, 11) is 1.59. The molecule has 0 bridgehead atoms. The first-order chi connectivity index (χ1) is 18.2. The minimum atomic E-state index is -3.11. The summed E-state index contributed by atoms with van der Waals surface area (Å²) in [5, 5.41) is 16.7. The van der Waals surface area contributed by atoms with Crippen LogP contribution in [-0.2, 0) is 7.05 Å². The van der Waals surface area contributed by atoms with Gasteiger partial charge in [-0.2, -0.15) is 4.98 Å². The van der Waals surface area contributed by atoms with Crippen molar-refractivity contribution in [1.82, 2.24) is 14.5 Å². The van der Waals surface area contributed by atoms with E-state index in [2.05, 4.69) is 20.6 Å². The van der Waals surface area contributed by atoms with Gasteiger partial charge in [-0.15, -0.1) is 0 Å². The predicted octanol–water partition coefficient (Wildman–Crippen LogP) is 4.15. The maximum atomic E-state index is 14.9. The summed E-state index contributed by atoms with van der Waals surface area (Å²) in [6.45, 7) is 0.711. The lowest BCUT2D eigenvalue weighted by Gasteiger charge is -2.32. The summed E-state index contributed by atoms with van der Waals surface area (Å²) in [5.74, 6) is -2.31. The molecule has 12 heteroatoms. The Labute approximate surface area is 222 Å². The molecular formula is C26H29ClF2N6O3. The molecule has 3 aromatic rings. The van der Waals surface area contributed by atoms with E-state index in [1.165, 1.54) is 10.8 Å². The molecule has 9 nitrogen and oxygen atoms in total. The van der Waals surface area contributed by atoms with Crippen molar-refractivity contribution in [3.63, 3.8) is 0 Å². The number of fused-ring (bicyclic) bond motifs is 3. The van der Waals surface area contributed by atoms with E-state index < -0.39 is 24.1 Å². The molecule has 2 atom stereocenters. The van der Waals surface area contributed by atoms with Crippen molar-refractivity contribution in [2.45, 2.75) is 37.6 Å². The average molecular weight is 547 g/mol. The molecule has 4 heterocycles. The van der Waals surface area contributed by atoms with E-state index in [9.17, 15) is 18.7 Å². The highest BCUT2D eigenvalue weighted by molar-refractivity contribution is 6.32. The Morgan fingerprint density at radius 2 is 2.13 bits per heavy atom. The number of aliphatic hydroxyl groups is 1. The number of piperidine rings is 1. The number of aliphatic hydroxyl groups excluding tert-OH is 1. The quantitative estimate of drug-likeness (QED) is 0.438. The second-order valence-electron chi connectivity index (χ2n) is 10.4. The number of pyridine rings is 1. The van der Waals surface area contributed by atoms with Crippen molar-refractivity contribution in [2.24, 2.45) is 18.9 Å². The standard InChI is InChI=1S/C26H29ClF2N6O3/c1-34-19-7-6-16(31-23-18(27)10-30-25(33-23)35-8-2-3-14(11-35)12-36)9-17(19)20-21(24(34)37)38-13-26(28,29)22(32-20)15-4-5-15/h6-7,9-10,14-15,22,32,36H,2-5,8,11-13H2,1H3,(H,30,31,33)/t14-,22-/m0/s1. The van der Waals surface area contributed by atoms with Gasteiger partial charge in [-0.1, -0.05) is 11.6 Å². The highest BCUT2D eigenvalue weighted by Crippen LogP contribution is 2.45. The molecule has 1 saturated heterocycles. The van der Waals surface area contributed by atoms with Gasteiger partial charge in [-0.3, -0.25) is 4.79 Å². The van der Waals surface area contributed by atoms with E-state index in [4.69, 9.17) is 16.3 Å². The summed E-state index contributed by atoms with van der Waals surface area (Å²) in [6, 6.07) is 4.20. The summed E-state index contributed by atoms with van der Waals surface area (Å²) in [5.41, 5.74) is 0.989. The molecule has 0 radical (unpaired) electrons. The number of benzene rings is 1. The van der Waals surface area contributed by atoms with Crippen LogP contribution in [0.3, 0.4) is 0 Å². The molecule has 0 unspecified atom stereocenters. The van der Waals surface area contributed by atoms with E-state index in [1.54, 1.807) is 25.2 Å². The van der Waals surface area contributed by atoms with Gasteiger partial charge in [-0.25, -0.2) is 13.8 Å². The first kappa shape index (κ1) is 25.1. The Morgan fingerprint density at radius 3 is 2.89 bits per heavy atom. The van der Waals surface area contributed by atoms with Crippen molar-refractivity contribution in [1.29, 1.82) is 0 Å². The molecule has 2 fully saturated rings. The zero-order chi connectivity index (χ0) is 26.6. The molecule has 1 saturated carbocycles. The second-order valence-corrected chi connectivity index (χ2v) is 10.8. The maximum absolute atomic E-state index is 14.9. The molecule has 38 heavy (non-hydrogen) atoms. The minimum absolute atomic E-state index is 0.106. The fourth-order valence-electron chi connectivity index (χ4n) is 5.42. The molecule has 1 aromatic carbocycles. The third-order valence-corrected chi connectivity index (χ3v) is 7.94. The molecule has 6 rings (SSSR count). The lowest BCUT2D eigenvalue weighted by atomic mass is 9.99. The minimum Gasteiger partial charge on any atom is -0.480 e.